The first-order valence-corrected chi connectivity index (χ1v) is 6.53. The predicted octanol–water partition coefficient (Wildman–Crippen LogP) is 2.97. The third-order valence-electron chi connectivity index (χ3n) is 3.20. The van der Waals surface area contributed by atoms with Crippen molar-refractivity contribution in [3.05, 3.63) is 66.0 Å². The molecule has 0 aliphatic carbocycles. The monoisotopic (exact) mass is 240 g/mol. The number of rotatable bonds is 6. The summed E-state index contributed by atoms with van der Waals surface area (Å²) in [5.41, 5.74) is 8.85. The molecule has 0 saturated heterocycles. The minimum absolute atomic E-state index is 0.276. The van der Waals surface area contributed by atoms with Gasteiger partial charge in [-0.15, -0.1) is 0 Å². The summed E-state index contributed by atoms with van der Waals surface area (Å²) in [7, 11) is 0. The largest absolute Gasteiger partial charge is 0.328 e. The van der Waals surface area contributed by atoms with Crippen molar-refractivity contribution in [2.45, 2.75) is 31.7 Å². The summed E-state index contributed by atoms with van der Waals surface area (Å²) in [6.07, 6.45) is 7.87. The highest BCUT2D eigenvalue weighted by Gasteiger charge is 2.03. The van der Waals surface area contributed by atoms with E-state index in [4.69, 9.17) is 5.73 Å². The molecule has 94 valence electrons. The Morgan fingerprint density at radius 2 is 1.39 bits per heavy atom. The number of nitrogens with zero attached hydrogens (tertiary/aromatic N) is 1. The van der Waals surface area contributed by atoms with E-state index in [1.807, 2.05) is 18.5 Å². The molecule has 1 heterocycles. The Bertz CT molecular complexity index is 396. The van der Waals surface area contributed by atoms with Crippen LogP contribution in [0.4, 0.5) is 0 Å². The number of hydrogen-bond donors (Lipinski definition) is 1. The molecule has 2 N–H and O–H groups in total. The minimum Gasteiger partial charge on any atom is -0.328 e. The van der Waals surface area contributed by atoms with Crippen LogP contribution in [0.3, 0.4) is 0 Å². The molecule has 0 radical (unpaired) electrons. The molecule has 0 saturated carbocycles. The van der Waals surface area contributed by atoms with Crippen molar-refractivity contribution < 1.29 is 0 Å². The van der Waals surface area contributed by atoms with Gasteiger partial charge in [0.1, 0.15) is 0 Å². The van der Waals surface area contributed by atoms with E-state index in [0.717, 1.165) is 25.7 Å². The zero-order valence-electron chi connectivity index (χ0n) is 10.6. The van der Waals surface area contributed by atoms with Gasteiger partial charge in [-0.3, -0.25) is 4.98 Å². The quantitative estimate of drug-likeness (QED) is 0.843. The smallest absolute Gasteiger partial charge is 0.0270 e. The van der Waals surface area contributed by atoms with Crippen LogP contribution in [0.25, 0.3) is 0 Å². The molecular weight excluding hydrogens is 220 g/mol. The van der Waals surface area contributed by atoms with E-state index in [-0.39, 0.29) is 6.04 Å². The molecule has 0 spiro atoms. The van der Waals surface area contributed by atoms with Gasteiger partial charge in [0, 0.05) is 18.4 Å². The van der Waals surface area contributed by atoms with Gasteiger partial charge in [0.25, 0.3) is 0 Å². The Hall–Kier alpha value is -1.67. The van der Waals surface area contributed by atoms with Gasteiger partial charge in [-0.2, -0.15) is 0 Å². The normalized spacial score (nSPS) is 12.3. The fourth-order valence-electron chi connectivity index (χ4n) is 2.04. The van der Waals surface area contributed by atoms with Crippen LogP contribution in [0.5, 0.6) is 0 Å². The lowest BCUT2D eigenvalue weighted by Gasteiger charge is -2.11. The summed E-state index contributed by atoms with van der Waals surface area (Å²) in [4.78, 5) is 4.02. The number of pyridine rings is 1. The lowest BCUT2D eigenvalue weighted by molar-refractivity contribution is 0.568. The summed E-state index contributed by atoms with van der Waals surface area (Å²) in [6, 6.07) is 14.9. The van der Waals surface area contributed by atoms with Crippen LogP contribution in [0.15, 0.2) is 54.9 Å². The molecule has 0 amide bonds. The molecule has 2 rings (SSSR count). The summed E-state index contributed by atoms with van der Waals surface area (Å²) in [6.45, 7) is 0. The van der Waals surface area contributed by atoms with E-state index >= 15 is 0 Å². The second kappa shape index (κ2) is 6.92. The molecule has 2 aromatic rings. The van der Waals surface area contributed by atoms with Crippen molar-refractivity contribution in [2.75, 3.05) is 0 Å². The molecule has 1 atom stereocenters. The van der Waals surface area contributed by atoms with Crippen LogP contribution in [-0.2, 0) is 12.8 Å². The highest BCUT2D eigenvalue weighted by Crippen LogP contribution is 2.08. The van der Waals surface area contributed by atoms with Gasteiger partial charge in [0.15, 0.2) is 0 Å². The molecule has 0 bridgehead atoms. The zero-order chi connectivity index (χ0) is 12.6. The van der Waals surface area contributed by atoms with Crippen LogP contribution in [0, 0.1) is 0 Å². The van der Waals surface area contributed by atoms with Gasteiger partial charge in [0.2, 0.25) is 0 Å². The van der Waals surface area contributed by atoms with Crippen molar-refractivity contribution in [3.8, 4) is 0 Å². The van der Waals surface area contributed by atoms with Crippen LogP contribution >= 0.6 is 0 Å². The molecule has 0 aliphatic heterocycles. The first-order valence-electron chi connectivity index (χ1n) is 6.53. The first kappa shape index (κ1) is 12.8. The summed E-state index contributed by atoms with van der Waals surface area (Å²) >= 11 is 0. The van der Waals surface area contributed by atoms with Gasteiger partial charge >= 0.3 is 0 Å². The van der Waals surface area contributed by atoms with Gasteiger partial charge in [0.05, 0.1) is 0 Å². The van der Waals surface area contributed by atoms with Crippen LogP contribution in [0.1, 0.15) is 24.0 Å². The average Bonchev–Trinajstić information content (AvgIpc) is 2.45. The Labute approximate surface area is 109 Å². The van der Waals surface area contributed by atoms with Crippen LogP contribution in [0.2, 0.25) is 0 Å². The fourth-order valence-corrected chi connectivity index (χ4v) is 2.04. The third kappa shape index (κ3) is 4.30. The summed E-state index contributed by atoms with van der Waals surface area (Å²) < 4.78 is 0. The van der Waals surface area contributed by atoms with Crippen molar-refractivity contribution >= 4 is 0 Å². The SMILES string of the molecule is NC(CCc1ccccc1)CCc1ccncc1. The van der Waals surface area contributed by atoms with Gasteiger partial charge in [-0.05, 0) is 48.9 Å². The summed E-state index contributed by atoms with van der Waals surface area (Å²) in [5, 5.41) is 0. The highest BCUT2D eigenvalue weighted by molar-refractivity contribution is 5.15. The number of benzene rings is 1. The molecular formula is C16H20N2. The minimum atomic E-state index is 0.276. The average molecular weight is 240 g/mol. The number of aryl methyl sites for hydroxylation is 2. The zero-order valence-corrected chi connectivity index (χ0v) is 10.6. The third-order valence-corrected chi connectivity index (χ3v) is 3.20. The summed E-state index contributed by atoms with van der Waals surface area (Å²) in [5.74, 6) is 0. The van der Waals surface area contributed by atoms with E-state index in [1.54, 1.807) is 0 Å². The second-order valence-corrected chi connectivity index (χ2v) is 4.68. The maximum absolute atomic E-state index is 6.15. The lowest BCUT2D eigenvalue weighted by Crippen LogP contribution is -2.21. The second-order valence-electron chi connectivity index (χ2n) is 4.68. The van der Waals surface area contributed by atoms with E-state index in [1.165, 1.54) is 11.1 Å². The first-order chi connectivity index (χ1) is 8.84. The Kier molecular flexibility index (Phi) is 4.91. The Balaban J connectivity index is 1.71. The van der Waals surface area contributed by atoms with E-state index in [0.29, 0.717) is 0 Å². The molecule has 1 aromatic carbocycles. The Morgan fingerprint density at radius 3 is 2.00 bits per heavy atom. The lowest BCUT2D eigenvalue weighted by atomic mass is 10.0. The number of hydrogen-bond acceptors (Lipinski definition) is 2. The van der Waals surface area contributed by atoms with Crippen LogP contribution in [-0.4, -0.2) is 11.0 Å². The van der Waals surface area contributed by atoms with Crippen molar-refractivity contribution in [1.29, 1.82) is 0 Å². The number of nitrogens with two attached hydrogens (primary N) is 1. The van der Waals surface area contributed by atoms with Gasteiger partial charge < -0.3 is 5.73 Å². The van der Waals surface area contributed by atoms with Crippen molar-refractivity contribution in [2.24, 2.45) is 5.73 Å². The molecule has 18 heavy (non-hydrogen) atoms. The van der Waals surface area contributed by atoms with Crippen LogP contribution < -0.4 is 5.73 Å². The molecule has 1 aromatic heterocycles. The topological polar surface area (TPSA) is 38.9 Å². The molecule has 0 aliphatic rings. The van der Waals surface area contributed by atoms with Gasteiger partial charge in [-0.1, -0.05) is 30.3 Å². The van der Waals surface area contributed by atoms with Gasteiger partial charge in [-0.25, -0.2) is 0 Å². The van der Waals surface area contributed by atoms with Crippen molar-refractivity contribution in [3.63, 3.8) is 0 Å². The molecule has 2 heteroatoms. The molecule has 2 nitrogen and oxygen atoms in total. The van der Waals surface area contributed by atoms with E-state index in [9.17, 15) is 0 Å². The predicted molar refractivity (Wildman–Crippen MR) is 75.3 cm³/mol. The number of aromatic nitrogens is 1. The standard InChI is InChI=1S/C16H20N2/c17-16(8-6-14-4-2-1-3-5-14)9-7-15-10-12-18-13-11-15/h1-5,10-13,16H,6-9,17H2. The van der Waals surface area contributed by atoms with E-state index < -0.39 is 0 Å². The Morgan fingerprint density at radius 1 is 0.833 bits per heavy atom. The molecule has 1 unspecified atom stereocenters. The highest BCUT2D eigenvalue weighted by atomic mass is 14.6. The van der Waals surface area contributed by atoms with E-state index in [2.05, 4.69) is 41.4 Å². The molecule has 0 fully saturated rings. The fraction of sp³-hybridized carbons (Fsp3) is 0.312. The van der Waals surface area contributed by atoms with Crippen molar-refractivity contribution in [1.82, 2.24) is 4.98 Å². The maximum Gasteiger partial charge on any atom is 0.0270 e. The maximum atomic E-state index is 6.15.